The minimum atomic E-state index is -3.72. The van der Waals surface area contributed by atoms with E-state index in [1.807, 2.05) is 0 Å². The number of hydrogen-bond acceptors (Lipinski definition) is 4. The number of hydrogen-bond donors (Lipinski definition) is 2. The molecule has 1 heterocycles. The van der Waals surface area contributed by atoms with Crippen LogP contribution in [0.25, 0.3) is 0 Å². The third-order valence-corrected chi connectivity index (χ3v) is 7.83. The van der Waals surface area contributed by atoms with Crippen LogP contribution in [0.3, 0.4) is 0 Å². The van der Waals surface area contributed by atoms with Crippen LogP contribution in [0.2, 0.25) is 5.02 Å². The van der Waals surface area contributed by atoms with E-state index >= 15 is 0 Å². The molecule has 0 bridgehead atoms. The van der Waals surface area contributed by atoms with Crippen molar-refractivity contribution < 1.29 is 31.2 Å². The average Bonchev–Trinajstić information content (AvgIpc) is 3.63. The highest BCUT2D eigenvalue weighted by molar-refractivity contribution is 7.87. The summed E-state index contributed by atoms with van der Waals surface area (Å²) in [4.78, 5) is 27.9. The predicted molar refractivity (Wildman–Crippen MR) is 127 cm³/mol. The lowest BCUT2D eigenvalue weighted by Crippen LogP contribution is -2.54. The lowest BCUT2D eigenvalue weighted by Gasteiger charge is -2.38. The van der Waals surface area contributed by atoms with Crippen LogP contribution in [0.4, 0.5) is 18.9 Å². The van der Waals surface area contributed by atoms with E-state index in [9.17, 15) is 31.2 Å². The van der Waals surface area contributed by atoms with E-state index in [0.717, 1.165) is 17.0 Å². The van der Waals surface area contributed by atoms with Gasteiger partial charge >= 0.3 is 0 Å². The van der Waals surface area contributed by atoms with Crippen LogP contribution < -0.4 is 14.9 Å². The first-order chi connectivity index (χ1) is 17.0. The molecule has 0 spiro atoms. The highest BCUT2D eigenvalue weighted by atomic mass is 35.5. The zero-order valence-electron chi connectivity index (χ0n) is 19.0. The molecule has 1 atom stereocenters. The van der Waals surface area contributed by atoms with Gasteiger partial charge in [0.2, 0.25) is 11.8 Å². The van der Waals surface area contributed by atoms with Crippen molar-refractivity contribution >= 4 is 39.3 Å². The van der Waals surface area contributed by atoms with E-state index in [-0.39, 0.29) is 29.2 Å². The van der Waals surface area contributed by atoms with E-state index in [2.05, 4.69) is 10.0 Å². The number of halogens is 4. The highest BCUT2D eigenvalue weighted by Crippen LogP contribution is 2.39. The second-order valence-corrected chi connectivity index (χ2v) is 10.8. The first kappa shape index (κ1) is 26.4. The van der Waals surface area contributed by atoms with Crippen molar-refractivity contribution in [3.8, 4) is 0 Å². The number of alkyl halides is 2. The minimum Gasteiger partial charge on any atom is -0.351 e. The molecule has 2 aromatic carbocycles. The molecule has 13 heteroatoms. The van der Waals surface area contributed by atoms with Gasteiger partial charge < -0.3 is 5.32 Å². The summed E-state index contributed by atoms with van der Waals surface area (Å²) in [5.41, 5.74) is 0.220. The molecule has 8 nitrogen and oxygen atoms in total. The maximum Gasteiger partial charge on any atom is 0.279 e. The van der Waals surface area contributed by atoms with Gasteiger partial charge in [0.1, 0.15) is 11.9 Å². The van der Waals surface area contributed by atoms with Gasteiger partial charge in [-0.1, -0.05) is 35.9 Å². The largest absolute Gasteiger partial charge is 0.351 e. The van der Waals surface area contributed by atoms with Gasteiger partial charge in [0.25, 0.3) is 16.1 Å². The Labute approximate surface area is 211 Å². The Morgan fingerprint density at radius 3 is 2.44 bits per heavy atom. The monoisotopic (exact) mass is 544 g/mol. The lowest BCUT2D eigenvalue weighted by atomic mass is 9.87. The quantitative estimate of drug-likeness (QED) is 0.449. The van der Waals surface area contributed by atoms with Gasteiger partial charge in [0.15, 0.2) is 0 Å². The van der Waals surface area contributed by atoms with Crippen LogP contribution >= 0.6 is 11.6 Å². The third-order valence-electron chi connectivity index (χ3n) is 5.87. The number of carbonyl (C=O) groups excluding carboxylic acids is 2. The molecule has 0 radical (unpaired) electrons. The van der Waals surface area contributed by atoms with E-state index in [1.54, 1.807) is 12.1 Å². The highest BCUT2D eigenvalue weighted by Gasteiger charge is 2.47. The van der Waals surface area contributed by atoms with Crippen molar-refractivity contribution in [1.29, 1.82) is 0 Å². The first-order valence-corrected chi connectivity index (χ1v) is 13.0. The summed E-state index contributed by atoms with van der Waals surface area (Å²) in [7, 11) is -3.72. The summed E-state index contributed by atoms with van der Waals surface area (Å²) in [6.07, 6.45) is -1.44. The molecule has 2 aliphatic rings. The second-order valence-electron chi connectivity index (χ2n) is 8.69. The summed E-state index contributed by atoms with van der Waals surface area (Å²) >= 11 is 6.36. The molecule has 2 N–H and O–H groups in total. The van der Waals surface area contributed by atoms with Crippen molar-refractivity contribution in [2.24, 2.45) is 0 Å². The SMILES string of the molecule is O=C(NC1CC(F)(F)C1)[C@H](c1ccccc1Cl)N(C(=O)CCNS(=O)(=O)N1CC1)c1cccc(F)c1. The van der Waals surface area contributed by atoms with Crippen molar-refractivity contribution in [3.05, 3.63) is 64.9 Å². The first-order valence-electron chi connectivity index (χ1n) is 11.2. The molecule has 1 saturated heterocycles. The maximum absolute atomic E-state index is 14.2. The fourth-order valence-electron chi connectivity index (χ4n) is 3.98. The summed E-state index contributed by atoms with van der Waals surface area (Å²) in [6.45, 7) is 0.497. The lowest BCUT2D eigenvalue weighted by molar-refractivity contribution is -0.132. The number of carbonyl (C=O) groups is 2. The van der Waals surface area contributed by atoms with Crippen molar-refractivity contribution in [1.82, 2.24) is 14.3 Å². The molecule has 2 fully saturated rings. The Morgan fingerprint density at radius 1 is 1.14 bits per heavy atom. The van der Waals surface area contributed by atoms with Gasteiger partial charge in [-0.05, 0) is 24.3 Å². The molecular weight excluding hydrogens is 521 g/mol. The van der Waals surface area contributed by atoms with Gasteiger partial charge in [-0.25, -0.2) is 17.9 Å². The molecule has 0 aromatic heterocycles. The van der Waals surface area contributed by atoms with Gasteiger partial charge in [0.05, 0.1) is 0 Å². The van der Waals surface area contributed by atoms with Gasteiger partial charge in [0, 0.05) is 61.2 Å². The average molecular weight is 545 g/mol. The van der Waals surface area contributed by atoms with Crippen LogP contribution in [0.5, 0.6) is 0 Å². The third kappa shape index (κ3) is 6.17. The summed E-state index contributed by atoms with van der Waals surface area (Å²) in [5.74, 6) is -5.03. The number of nitrogens with zero attached hydrogens (tertiary/aromatic N) is 2. The van der Waals surface area contributed by atoms with Crippen LogP contribution in [0.1, 0.15) is 30.9 Å². The van der Waals surface area contributed by atoms with E-state index in [1.165, 1.54) is 28.6 Å². The summed E-state index contributed by atoms with van der Waals surface area (Å²) in [6, 6.07) is 8.95. The van der Waals surface area contributed by atoms with Crippen molar-refractivity contribution in [3.63, 3.8) is 0 Å². The number of benzene rings is 2. The Hall–Kier alpha value is -2.67. The van der Waals surface area contributed by atoms with Crippen molar-refractivity contribution in [2.45, 2.75) is 37.3 Å². The van der Waals surface area contributed by atoms with Crippen LogP contribution in [-0.4, -0.2) is 56.1 Å². The number of nitrogens with one attached hydrogen (secondary N) is 2. The molecule has 1 aliphatic carbocycles. The molecule has 36 heavy (non-hydrogen) atoms. The Kier molecular flexibility index (Phi) is 7.60. The molecular formula is C23H24ClF3N4O4S. The summed E-state index contributed by atoms with van der Waals surface area (Å²) < 4.78 is 68.6. The Morgan fingerprint density at radius 2 is 1.83 bits per heavy atom. The van der Waals surface area contributed by atoms with Crippen LogP contribution in [0.15, 0.2) is 48.5 Å². The summed E-state index contributed by atoms with van der Waals surface area (Å²) in [5, 5.41) is 2.67. The molecule has 194 valence electrons. The van der Waals surface area contributed by atoms with E-state index in [4.69, 9.17) is 11.6 Å². The number of anilines is 1. The molecule has 2 aromatic rings. The molecule has 1 aliphatic heterocycles. The Bertz CT molecular complexity index is 1250. The van der Waals surface area contributed by atoms with Gasteiger partial charge in [-0.3, -0.25) is 14.5 Å². The molecule has 0 unspecified atom stereocenters. The fourth-order valence-corrected chi connectivity index (χ4v) is 5.32. The standard InChI is InChI=1S/C23H24ClF3N4O4S/c24-19-7-2-1-6-18(19)21(22(33)29-16-13-23(26,27)14-16)31(17-5-3-4-15(25)12-17)20(32)8-9-28-36(34,35)30-10-11-30/h1-7,12,16,21,28H,8-11,13-14H2,(H,29,33)/t21-/m0/s1. The zero-order chi connectivity index (χ0) is 26.1. The topological polar surface area (TPSA) is 98.6 Å². The number of amides is 2. The maximum atomic E-state index is 14.2. The van der Waals surface area contributed by atoms with E-state index in [0.29, 0.717) is 13.1 Å². The fraction of sp³-hybridized carbons (Fsp3) is 0.391. The molecule has 1 saturated carbocycles. The van der Waals surface area contributed by atoms with Crippen LogP contribution in [-0.2, 0) is 19.8 Å². The second kappa shape index (κ2) is 10.4. The van der Waals surface area contributed by atoms with Gasteiger partial charge in [-0.15, -0.1) is 0 Å². The van der Waals surface area contributed by atoms with Crippen LogP contribution in [0, 0.1) is 5.82 Å². The number of rotatable bonds is 10. The Balaban J connectivity index is 1.65. The molecule has 4 rings (SSSR count). The predicted octanol–water partition coefficient (Wildman–Crippen LogP) is 3.01. The zero-order valence-corrected chi connectivity index (χ0v) is 20.5. The minimum absolute atomic E-state index is 0.0211. The van der Waals surface area contributed by atoms with Crippen molar-refractivity contribution in [2.75, 3.05) is 24.5 Å². The van der Waals surface area contributed by atoms with Gasteiger partial charge in [-0.2, -0.15) is 12.7 Å². The normalized spacial score (nSPS) is 18.2. The smallest absolute Gasteiger partial charge is 0.279 e. The molecule has 2 amide bonds. The van der Waals surface area contributed by atoms with E-state index < -0.39 is 58.7 Å².